The molecule has 3 aromatic rings. The van der Waals surface area contributed by atoms with Crippen LogP contribution in [0.5, 0.6) is 0 Å². The van der Waals surface area contributed by atoms with E-state index < -0.39 is 5.69 Å². The number of rotatable bonds is 4. The van der Waals surface area contributed by atoms with E-state index in [9.17, 15) is 14.4 Å². The number of anilines is 1. The Morgan fingerprint density at radius 2 is 1.95 bits per heavy atom. The molecule has 2 N–H and O–H groups in total. The molecule has 6 nitrogen and oxygen atoms in total. The minimum absolute atomic E-state index is 0.0423. The first-order valence-corrected chi connectivity index (χ1v) is 7.58. The number of hydrogen-bond acceptors (Lipinski definition) is 4. The number of aromatic amines is 1. The third kappa shape index (κ3) is 2.84. The van der Waals surface area contributed by atoms with E-state index >= 15 is 0 Å². The van der Waals surface area contributed by atoms with Crippen molar-refractivity contribution < 1.29 is 4.79 Å². The van der Waals surface area contributed by atoms with Crippen molar-refractivity contribution >= 4 is 33.1 Å². The molecule has 0 fully saturated rings. The summed E-state index contributed by atoms with van der Waals surface area (Å²) in [4.78, 5) is 38.6. The molecule has 0 bridgehead atoms. The summed E-state index contributed by atoms with van der Waals surface area (Å²) < 4.78 is 1.55. The molecule has 0 spiro atoms. The second kappa shape index (κ2) is 5.98. The topological polar surface area (TPSA) is 84.0 Å². The number of para-hydroxylation sites is 1. The lowest BCUT2D eigenvalue weighted by Gasteiger charge is -2.06. The minimum Gasteiger partial charge on any atom is -0.326 e. The van der Waals surface area contributed by atoms with Crippen molar-refractivity contribution in [2.75, 3.05) is 5.32 Å². The quantitative estimate of drug-likeness (QED) is 0.770. The number of carbonyl (C=O) groups is 1. The maximum atomic E-state index is 12.2. The van der Waals surface area contributed by atoms with E-state index in [2.05, 4.69) is 10.3 Å². The zero-order chi connectivity index (χ0) is 15.5. The van der Waals surface area contributed by atoms with Gasteiger partial charge in [-0.05, 0) is 23.6 Å². The molecule has 22 heavy (non-hydrogen) atoms. The molecule has 0 aliphatic heterocycles. The second-order valence-electron chi connectivity index (χ2n) is 4.71. The van der Waals surface area contributed by atoms with Crippen LogP contribution in [0, 0.1) is 0 Å². The van der Waals surface area contributed by atoms with Crippen LogP contribution in [0.25, 0.3) is 10.2 Å². The van der Waals surface area contributed by atoms with Crippen LogP contribution in [0.15, 0.2) is 51.4 Å². The van der Waals surface area contributed by atoms with Crippen molar-refractivity contribution in [3.05, 3.63) is 62.6 Å². The van der Waals surface area contributed by atoms with Crippen molar-refractivity contribution in [3.8, 4) is 0 Å². The Bertz CT molecular complexity index is 924. The first kappa shape index (κ1) is 14.3. The van der Waals surface area contributed by atoms with Gasteiger partial charge in [-0.1, -0.05) is 18.2 Å². The lowest BCUT2D eigenvalue weighted by atomic mass is 10.3. The predicted octanol–water partition coefficient (Wildman–Crippen LogP) is 1.78. The SMILES string of the molecule is O=C(CCn1c(=O)[nH]c2ccsc2c1=O)Nc1ccccc1. The van der Waals surface area contributed by atoms with Crippen LogP contribution in [-0.2, 0) is 11.3 Å². The Balaban J connectivity index is 1.75. The molecule has 1 aromatic carbocycles. The van der Waals surface area contributed by atoms with Crippen molar-refractivity contribution in [2.24, 2.45) is 0 Å². The molecule has 1 amide bonds. The van der Waals surface area contributed by atoms with Gasteiger partial charge in [-0.15, -0.1) is 11.3 Å². The van der Waals surface area contributed by atoms with Gasteiger partial charge < -0.3 is 10.3 Å². The maximum absolute atomic E-state index is 12.2. The molecule has 0 atom stereocenters. The van der Waals surface area contributed by atoms with E-state index in [4.69, 9.17) is 0 Å². The lowest BCUT2D eigenvalue weighted by Crippen LogP contribution is -2.35. The highest BCUT2D eigenvalue weighted by Gasteiger charge is 2.10. The maximum Gasteiger partial charge on any atom is 0.328 e. The van der Waals surface area contributed by atoms with Gasteiger partial charge in [0.1, 0.15) is 4.70 Å². The summed E-state index contributed by atoms with van der Waals surface area (Å²) in [6, 6.07) is 10.7. The lowest BCUT2D eigenvalue weighted by molar-refractivity contribution is -0.116. The van der Waals surface area contributed by atoms with Crippen molar-refractivity contribution in [1.82, 2.24) is 9.55 Å². The number of thiophene rings is 1. The standard InChI is InChI=1S/C15H13N3O3S/c19-12(16-10-4-2-1-3-5-10)6-8-18-14(20)13-11(7-9-22-13)17-15(18)21/h1-5,7,9H,6,8H2,(H,16,19)(H,17,21). The molecule has 7 heteroatoms. The average Bonchev–Trinajstić information content (AvgIpc) is 2.96. The number of hydrogen-bond donors (Lipinski definition) is 2. The number of nitrogens with one attached hydrogen (secondary N) is 2. The fourth-order valence-corrected chi connectivity index (χ4v) is 2.93. The van der Waals surface area contributed by atoms with Crippen LogP contribution in [0.4, 0.5) is 5.69 Å². The molecule has 2 heterocycles. The fraction of sp³-hybridized carbons (Fsp3) is 0.133. The van der Waals surface area contributed by atoms with Crippen LogP contribution in [-0.4, -0.2) is 15.5 Å². The Morgan fingerprint density at radius 3 is 2.73 bits per heavy atom. The molecule has 0 aliphatic rings. The highest BCUT2D eigenvalue weighted by atomic mass is 32.1. The van der Waals surface area contributed by atoms with Gasteiger partial charge in [0.2, 0.25) is 5.91 Å². The van der Waals surface area contributed by atoms with Crippen LogP contribution >= 0.6 is 11.3 Å². The number of amides is 1. The van der Waals surface area contributed by atoms with Gasteiger partial charge in [-0.2, -0.15) is 0 Å². The molecule has 0 saturated carbocycles. The summed E-state index contributed by atoms with van der Waals surface area (Å²) in [6.45, 7) is 0.0423. The Labute approximate surface area is 129 Å². The molecule has 112 valence electrons. The van der Waals surface area contributed by atoms with Crippen LogP contribution in [0.3, 0.4) is 0 Å². The molecular formula is C15H13N3O3S. The van der Waals surface area contributed by atoms with Gasteiger partial charge in [0, 0.05) is 18.7 Å². The number of fused-ring (bicyclic) bond motifs is 1. The molecule has 0 unspecified atom stereocenters. The van der Waals surface area contributed by atoms with E-state index in [1.807, 2.05) is 18.2 Å². The molecule has 0 radical (unpaired) electrons. The van der Waals surface area contributed by atoms with Crippen LogP contribution < -0.4 is 16.6 Å². The highest BCUT2D eigenvalue weighted by Crippen LogP contribution is 2.12. The largest absolute Gasteiger partial charge is 0.328 e. The van der Waals surface area contributed by atoms with Crippen LogP contribution in [0.1, 0.15) is 6.42 Å². The first-order chi connectivity index (χ1) is 10.6. The molecule has 0 aliphatic carbocycles. The van der Waals surface area contributed by atoms with Gasteiger partial charge in [0.25, 0.3) is 5.56 Å². The molecule has 3 rings (SSSR count). The smallest absolute Gasteiger partial charge is 0.326 e. The summed E-state index contributed by atoms with van der Waals surface area (Å²) in [5.74, 6) is -0.247. The molecular weight excluding hydrogens is 302 g/mol. The van der Waals surface area contributed by atoms with Gasteiger partial charge >= 0.3 is 5.69 Å². The highest BCUT2D eigenvalue weighted by molar-refractivity contribution is 7.17. The Kier molecular flexibility index (Phi) is 3.88. The number of aromatic nitrogens is 2. The van der Waals surface area contributed by atoms with Gasteiger partial charge in [-0.25, -0.2) is 4.79 Å². The van der Waals surface area contributed by atoms with Gasteiger partial charge in [-0.3, -0.25) is 14.2 Å². The fourth-order valence-electron chi connectivity index (χ4n) is 2.13. The Hall–Kier alpha value is -2.67. The number of nitrogens with zero attached hydrogens (tertiary/aromatic N) is 1. The summed E-state index contributed by atoms with van der Waals surface area (Å²) in [5.41, 5.74) is 0.358. The summed E-state index contributed by atoms with van der Waals surface area (Å²) in [7, 11) is 0. The predicted molar refractivity (Wildman–Crippen MR) is 86.4 cm³/mol. The van der Waals surface area contributed by atoms with E-state index in [1.54, 1.807) is 23.6 Å². The minimum atomic E-state index is -0.497. The van der Waals surface area contributed by atoms with Crippen molar-refractivity contribution in [3.63, 3.8) is 0 Å². The zero-order valence-corrected chi connectivity index (χ0v) is 12.4. The zero-order valence-electron chi connectivity index (χ0n) is 11.5. The van der Waals surface area contributed by atoms with Crippen molar-refractivity contribution in [1.29, 1.82) is 0 Å². The summed E-state index contributed by atoms with van der Waals surface area (Å²) in [5, 5.41) is 4.46. The number of H-pyrrole nitrogens is 1. The summed E-state index contributed by atoms with van der Waals surface area (Å²) in [6.07, 6.45) is 0.0504. The molecule has 2 aromatic heterocycles. The normalized spacial score (nSPS) is 10.7. The van der Waals surface area contributed by atoms with Crippen molar-refractivity contribution in [2.45, 2.75) is 13.0 Å². The monoisotopic (exact) mass is 315 g/mol. The second-order valence-corrected chi connectivity index (χ2v) is 5.63. The summed E-state index contributed by atoms with van der Waals surface area (Å²) >= 11 is 1.27. The van der Waals surface area contributed by atoms with E-state index in [0.717, 1.165) is 4.57 Å². The number of benzene rings is 1. The number of carbonyl (C=O) groups excluding carboxylic acids is 1. The third-order valence-electron chi connectivity index (χ3n) is 3.21. The van der Waals surface area contributed by atoms with Crippen LogP contribution in [0.2, 0.25) is 0 Å². The third-order valence-corrected chi connectivity index (χ3v) is 4.11. The van der Waals surface area contributed by atoms with Gasteiger partial charge in [0.15, 0.2) is 0 Å². The first-order valence-electron chi connectivity index (χ1n) is 6.70. The average molecular weight is 315 g/mol. The van der Waals surface area contributed by atoms with Gasteiger partial charge in [0.05, 0.1) is 5.52 Å². The molecule has 0 saturated heterocycles. The van der Waals surface area contributed by atoms with E-state index in [1.165, 1.54) is 11.3 Å². The van der Waals surface area contributed by atoms with E-state index in [-0.39, 0.29) is 24.4 Å². The van der Waals surface area contributed by atoms with E-state index in [0.29, 0.717) is 15.9 Å². The Morgan fingerprint density at radius 1 is 1.18 bits per heavy atom.